The van der Waals surface area contributed by atoms with Gasteiger partial charge in [0.15, 0.2) is 0 Å². The van der Waals surface area contributed by atoms with Crippen molar-refractivity contribution in [3.63, 3.8) is 0 Å². The molecule has 0 spiro atoms. The summed E-state index contributed by atoms with van der Waals surface area (Å²) in [7, 11) is 0. The Morgan fingerprint density at radius 3 is 2.93 bits per heavy atom. The molecule has 3 rings (SSSR count). The molecule has 0 atom stereocenters. The number of fused-ring (bicyclic) bond motifs is 1. The lowest BCUT2D eigenvalue weighted by atomic mass is 10.0. The maximum atomic E-state index is 6.12. The average Bonchev–Trinajstić information content (AvgIpc) is 2.84. The van der Waals surface area contributed by atoms with E-state index < -0.39 is 0 Å². The zero-order chi connectivity index (χ0) is 9.76. The fourth-order valence-corrected chi connectivity index (χ4v) is 2.14. The number of aromatic nitrogens is 2. The lowest BCUT2D eigenvalue weighted by Gasteiger charge is -2.07. The van der Waals surface area contributed by atoms with Gasteiger partial charge >= 0.3 is 0 Å². The van der Waals surface area contributed by atoms with Crippen LogP contribution >= 0.6 is 15.9 Å². The minimum Gasteiger partial charge on any atom is -0.321 e. The molecule has 0 bridgehead atoms. The molecule has 1 aromatic heterocycles. The van der Waals surface area contributed by atoms with Gasteiger partial charge in [-0.3, -0.25) is 5.10 Å². The Balaban J connectivity index is 2.21. The van der Waals surface area contributed by atoms with Gasteiger partial charge in [0.2, 0.25) is 0 Å². The van der Waals surface area contributed by atoms with Crippen LogP contribution in [-0.2, 0) is 5.54 Å². The predicted octanol–water partition coefficient (Wildman–Crippen LogP) is 2.27. The highest BCUT2D eigenvalue weighted by molar-refractivity contribution is 9.10. The minimum absolute atomic E-state index is 0.0698. The molecule has 1 aliphatic carbocycles. The van der Waals surface area contributed by atoms with Crippen molar-refractivity contribution in [1.82, 2.24) is 10.2 Å². The second kappa shape index (κ2) is 2.58. The maximum absolute atomic E-state index is 6.12. The first-order valence-corrected chi connectivity index (χ1v) is 5.41. The second-order valence-corrected chi connectivity index (χ2v) is 4.72. The quantitative estimate of drug-likeness (QED) is 0.817. The van der Waals surface area contributed by atoms with E-state index in [-0.39, 0.29) is 5.54 Å². The highest BCUT2D eigenvalue weighted by Crippen LogP contribution is 2.43. The van der Waals surface area contributed by atoms with Gasteiger partial charge in [-0.15, -0.1) is 0 Å². The Morgan fingerprint density at radius 2 is 2.21 bits per heavy atom. The Kier molecular flexibility index (Phi) is 1.56. The molecule has 0 aliphatic heterocycles. The van der Waals surface area contributed by atoms with E-state index in [2.05, 4.69) is 44.3 Å². The second-order valence-electron chi connectivity index (χ2n) is 3.93. The Morgan fingerprint density at radius 1 is 1.43 bits per heavy atom. The van der Waals surface area contributed by atoms with Crippen LogP contribution < -0.4 is 5.73 Å². The molecule has 2 aromatic rings. The Labute approximate surface area is 89.8 Å². The average molecular weight is 252 g/mol. The molecule has 1 aliphatic rings. The molecule has 3 N–H and O–H groups in total. The zero-order valence-corrected chi connectivity index (χ0v) is 9.13. The standard InChI is InChI=1S/C10H10BrN3/c11-9-7-2-1-6(10(12)3-4-10)5-8(7)13-14-9/h1-2,5H,3-4,12H2,(H,13,14). The van der Waals surface area contributed by atoms with E-state index in [1.54, 1.807) is 0 Å². The van der Waals surface area contributed by atoms with Crippen LogP contribution in [0.1, 0.15) is 18.4 Å². The van der Waals surface area contributed by atoms with Crippen molar-refractivity contribution in [1.29, 1.82) is 0 Å². The summed E-state index contributed by atoms with van der Waals surface area (Å²) in [6.45, 7) is 0. The van der Waals surface area contributed by atoms with E-state index in [0.717, 1.165) is 28.3 Å². The van der Waals surface area contributed by atoms with E-state index in [1.165, 1.54) is 5.56 Å². The minimum atomic E-state index is -0.0698. The Hall–Kier alpha value is -0.870. The number of hydrogen-bond acceptors (Lipinski definition) is 2. The largest absolute Gasteiger partial charge is 0.321 e. The molecule has 0 radical (unpaired) electrons. The molecule has 3 nitrogen and oxygen atoms in total. The van der Waals surface area contributed by atoms with Crippen LogP contribution in [0.3, 0.4) is 0 Å². The molecule has 0 saturated heterocycles. The molecular formula is C10H10BrN3. The molecule has 1 fully saturated rings. The van der Waals surface area contributed by atoms with Crippen molar-refractivity contribution in [2.45, 2.75) is 18.4 Å². The fourth-order valence-electron chi connectivity index (χ4n) is 1.71. The van der Waals surface area contributed by atoms with Crippen LogP contribution in [0, 0.1) is 0 Å². The Bertz CT molecular complexity index is 499. The number of nitrogens with one attached hydrogen (secondary N) is 1. The number of halogens is 1. The van der Waals surface area contributed by atoms with Gasteiger partial charge in [0, 0.05) is 10.9 Å². The van der Waals surface area contributed by atoms with Crippen LogP contribution in [-0.4, -0.2) is 10.2 Å². The fraction of sp³-hybridized carbons (Fsp3) is 0.300. The van der Waals surface area contributed by atoms with Gasteiger partial charge < -0.3 is 5.73 Å². The summed E-state index contributed by atoms with van der Waals surface area (Å²) in [5, 5.41) is 8.20. The van der Waals surface area contributed by atoms with E-state index in [9.17, 15) is 0 Å². The molecule has 1 heterocycles. The van der Waals surface area contributed by atoms with Crippen molar-refractivity contribution >= 4 is 26.8 Å². The lowest BCUT2D eigenvalue weighted by molar-refractivity contribution is 0.741. The van der Waals surface area contributed by atoms with Gasteiger partial charge in [-0.1, -0.05) is 6.07 Å². The van der Waals surface area contributed by atoms with E-state index >= 15 is 0 Å². The maximum Gasteiger partial charge on any atom is 0.108 e. The van der Waals surface area contributed by atoms with Crippen LogP contribution in [0.4, 0.5) is 0 Å². The van der Waals surface area contributed by atoms with Crippen molar-refractivity contribution in [2.75, 3.05) is 0 Å². The number of rotatable bonds is 1. The number of nitrogens with two attached hydrogens (primary N) is 1. The first-order chi connectivity index (χ1) is 6.69. The first kappa shape index (κ1) is 8.44. The summed E-state index contributed by atoms with van der Waals surface area (Å²) in [5.41, 5.74) is 8.22. The van der Waals surface area contributed by atoms with Crippen LogP contribution in [0.2, 0.25) is 0 Å². The monoisotopic (exact) mass is 251 g/mol. The number of hydrogen-bond donors (Lipinski definition) is 2. The number of H-pyrrole nitrogens is 1. The van der Waals surface area contributed by atoms with Gasteiger partial charge in [-0.05, 0) is 46.5 Å². The SMILES string of the molecule is NC1(c2ccc3c(Br)[nH]nc3c2)CC1. The third-order valence-electron chi connectivity index (χ3n) is 2.87. The molecular weight excluding hydrogens is 242 g/mol. The smallest absolute Gasteiger partial charge is 0.108 e. The molecule has 0 unspecified atom stereocenters. The summed E-state index contributed by atoms with van der Waals surface area (Å²) in [4.78, 5) is 0. The normalized spacial score (nSPS) is 18.7. The molecule has 1 aromatic carbocycles. The van der Waals surface area contributed by atoms with Gasteiger partial charge in [0.25, 0.3) is 0 Å². The summed E-state index contributed by atoms with van der Waals surface area (Å²) < 4.78 is 0.931. The van der Waals surface area contributed by atoms with Crippen LogP contribution in [0.25, 0.3) is 10.9 Å². The molecule has 1 saturated carbocycles. The van der Waals surface area contributed by atoms with Gasteiger partial charge in [-0.25, -0.2) is 0 Å². The van der Waals surface area contributed by atoms with E-state index in [4.69, 9.17) is 5.73 Å². The van der Waals surface area contributed by atoms with E-state index in [0.29, 0.717) is 0 Å². The summed E-state index contributed by atoms with van der Waals surface area (Å²) in [5.74, 6) is 0. The first-order valence-electron chi connectivity index (χ1n) is 4.62. The predicted molar refractivity (Wildman–Crippen MR) is 58.9 cm³/mol. The number of aromatic amines is 1. The third kappa shape index (κ3) is 1.11. The van der Waals surface area contributed by atoms with Crippen molar-refractivity contribution in [3.05, 3.63) is 28.4 Å². The van der Waals surface area contributed by atoms with Crippen LogP contribution in [0.5, 0.6) is 0 Å². The highest BCUT2D eigenvalue weighted by Gasteiger charge is 2.40. The van der Waals surface area contributed by atoms with Crippen molar-refractivity contribution in [2.24, 2.45) is 5.73 Å². The van der Waals surface area contributed by atoms with Gasteiger partial charge in [0.1, 0.15) is 4.60 Å². The summed E-state index contributed by atoms with van der Waals surface area (Å²) in [6, 6.07) is 6.23. The molecule has 72 valence electrons. The summed E-state index contributed by atoms with van der Waals surface area (Å²) in [6.07, 6.45) is 2.17. The molecule has 14 heavy (non-hydrogen) atoms. The highest BCUT2D eigenvalue weighted by atomic mass is 79.9. The van der Waals surface area contributed by atoms with E-state index in [1.807, 2.05) is 0 Å². The van der Waals surface area contributed by atoms with Crippen molar-refractivity contribution in [3.8, 4) is 0 Å². The number of nitrogens with zero attached hydrogens (tertiary/aromatic N) is 1. The topological polar surface area (TPSA) is 54.7 Å². The third-order valence-corrected chi connectivity index (χ3v) is 3.48. The summed E-state index contributed by atoms with van der Waals surface area (Å²) >= 11 is 3.41. The zero-order valence-electron chi connectivity index (χ0n) is 7.55. The van der Waals surface area contributed by atoms with Crippen molar-refractivity contribution < 1.29 is 0 Å². The molecule has 4 heteroatoms. The van der Waals surface area contributed by atoms with Gasteiger partial charge in [-0.2, -0.15) is 5.10 Å². The lowest BCUT2D eigenvalue weighted by Crippen LogP contribution is -2.18. The van der Waals surface area contributed by atoms with Crippen LogP contribution in [0.15, 0.2) is 22.8 Å². The molecule has 0 amide bonds. The number of benzene rings is 1. The van der Waals surface area contributed by atoms with Gasteiger partial charge in [0.05, 0.1) is 5.52 Å².